The first-order valence-electron chi connectivity index (χ1n) is 20.8. The van der Waals surface area contributed by atoms with Gasteiger partial charge in [-0.1, -0.05) is 151 Å². The van der Waals surface area contributed by atoms with Crippen LogP contribution < -0.4 is 19.7 Å². The number of carbonyl (C=O) groups excluding carboxylic acids is 2. The van der Waals surface area contributed by atoms with Crippen LogP contribution in [0, 0.1) is 5.92 Å². The molecule has 3 aliphatic rings. The smallest absolute Gasteiger partial charge is 0.407 e. The number of nitrogens with zero attached hydrogens (tertiary/aromatic N) is 2. The zero-order valence-electron chi connectivity index (χ0n) is 34.2. The van der Waals surface area contributed by atoms with Crippen molar-refractivity contribution in [2.24, 2.45) is 5.92 Å². The number of alkyl carbamates (subject to hydrolysis) is 1. The van der Waals surface area contributed by atoms with Gasteiger partial charge in [0.25, 0.3) is 0 Å². The van der Waals surface area contributed by atoms with E-state index in [9.17, 15) is 4.79 Å². The first-order valence-corrected chi connectivity index (χ1v) is 21.6. The topological polar surface area (TPSA) is 89.6 Å². The first kappa shape index (κ1) is 40.3. The summed E-state index contributed by atoms with van der Waals surface area (Å²) in [5.41, 5.74) is 9.50. The van der Waals surface area contributed by atoms with Gasteiger partial charge in [0, 0.05) is 40.8 Å². The van der Waals surface area contributed by atoms with Gasteiger partial charge in [-0.15, -0.1) is 0 Å². The van der Waals surface area contributed by atoms with Gasteiger partial charge in [0.2, 0.25) is 12.7 Å². The van der Waals surface area contributed by atoms with E-state index in [4.69, 9.17) is 18.9 Å². The van der Waals surface area contributed by atoms with Crippen molar-refractivity contribution in [3.63, 3.8) is 0 Å². The van der Waals surface area contributed by atoms with Crippen molar-refractivity contribution in [2.75, 3.05) is 24.9 Å². The van der Waals surface area contributed by atoms with Crippen molar-refractivity contribution >= 4 is 33.6 Å². The van der Waals surface area contributed by atoms with E-state index in [0.717, 1.165) is 54.7 Å². The highest BCUT2D eigenvalue weighted by atomic mass is 79.9. The van der Waals surface area contributed by atoms with Gasteiger partial charge in [0.05, 0.1) is 25.3 Å². The largest absolute Gasteiger partial charge is 0.454 e. The van der Waals surface area contributed by atoms with Crippen molar-refractivity contribution in [2.45, 2.75) is 57.6 Å². The minimum Gasteiger partial charge on any atom is -0.454 e. The fourth-order valence-electron chi connectivity index (χ4n) is 8.96. The summed E-state index contributed by atoms with van der Waals surface area (Å²) in [5.74, 6) is 0.669. The second-order valence-electron chi connectivity index (χ2n) is 16.2. The zero-order chi connectivity index (χ0) is 41.9. The standard InChI is InChI=1S/C51H48BrN3O6/c1-33(2)48(53-51(57)59-30-43-40-19-11-9-17-38(40)39-18-10-12-20-41(39)43)50(56)55(28-35-21-23-37(52)24-22-35)49-42-25-46-47(61-32-60-46)26-44(42)54(27-34-13-5-3-6-14-34)45(49)31-58-29-36-15-7-4-8-16-36/h3-26,33,43,45,48-49H,27-32H2,1-2H3,(H,53,57)/t45-,48-,49+/m1/s1. The van der Waals surface area contributed by atoms with Crippen molar-refractivity contribution in [1.82, 2.24) is 10.2 Å². The molecule has 1 aliphatic carbocycles. The summed E-state index contributed by atoms with van der Waals surface area (Å²) in [6.07, 6.45) is -0.638. The Bertz CT molecular complexity index is 2450. The van der Waals surface area contributed by atoms with Crippen LogP contribution in [-0.4, -0.2) is 49.0 Å². The highest BCUT2D eigenvalue weighted by Gasteiger charge is 2.47. The number of nitrogens with one attached hydrogen (secondary N) is 1. The van der Waals surface area contributed by atoms with Crippen LogP contribution in [0.25, 0.3) is 11.1 Å². The molecular weight excluding hydrogens is 830 g/mol. The lowest BCUT2D eigenvalue weighted by Gasteiger charge is -2.39. The SMILES string of the molecule is CC(C)[C@@H](NC(=O)OCC1c2ccccc2-c2ccccc21)C(=O)N(Cc1ccc(Br)cc1)[C@H]1c2cc3c(cc2N(Cc2ccccc2)[C@@H]1COCc1ccccc1)OCO3. The van der Waals surface area contributed by atoms with Crippen LogP contribution in [0.1, 0.15) is 59.2 Å². The molecule has 0 fully saturated rings. The molecular formula is C51H48BrN3O6. The van der Waals surface area contributed by atoms with Crippen LogP contribution in [0.2, 0.25) is 0 Å². The third kappa shape index (κ3) is 8.47. The molecule has 310 valence electrons. The molecule has 2 amide bonds. The number of halogens is 1. The number of amides is 2. The molecule has 2 heterocycles. The van der Waals surface area contributed by atoms with Gasteiger partial charge in [-0.05, 0) is 63.1 Å². The second kappa shape index (κ2) is 17.9. The van der Waals surface area contributed by atoms with E-state index < -0.39 is 18.2 Å². The summed E-state index contributed by atoms with van der Waals surface area (Å²) >= 11 is 3.59. The molecule has 2 aliphatic heterocycles. The van der Waals surface area contributed by atoms with Gasteiger partial charge in [-0.25, -0.2) is 4.79 Å². The Morgan fingerprint density at radius 3 is 2.00 bits per heavy atom. The van der Waals surface area contributed by atoms with Gasteiger partial charge in [0.15, 0.2) is 11.5 Å². The molecule has 61 heavy (non-hydrogen) atoms. The molecule has 0 saturated carbocycles. The molecule has 0 saturated heterocycles. The fourth-order valence-corrected chi connectivity index (χ4v) is 9.22. The van der Waals surface area contributed by atoms with E-state index in [-0.39, 0.29) is 43.7 Å². The number of ether oxygens (including phenoxy) is 4. The first-order chi connectivity index (χ1) is 29.8. The lowest BCUT2D eigenvalue weighted by molar-refractivity contribution is -0.138. The molecule has 9 nitrogen and oxygen atoms in total. The quantitative estimate of drug-likeness (QED) is 0.117. The Morgan fingerprint density at radius 1 is 0.738 bits per heavy atom. The molecule has 0 aromatic heterocycles. The van der Waals surface area contributed by atoms with Crippen molar-refractivity contribution in [1.29, 1.82) is 0 Å². The van der Waals surface area contributed by atoms with Crippen LogP contribution in [0.15, 0.2) is 150 Å². The predicted molar refractivity (Wildman–Crippen MR) is 239 cm³/mol. The van der Waals surface area contributed by atoms with Gasteiger partial charge in [-0.3, -0.25) is 4.79 Å². The number of anilines is 1. The molecule has 0 unspecified atom stereocenters. The molecule has 0 bridgehead atoms. The maximum atomic E-state index is 15.5. The average molecular weight is 879 g/mol. The number of carbonyl (C=O) groups is 2. The normalized spacial score (nSPS) is 16.5. The lowest BCUT2D eigenvalue weighted by Crippen LogP contribution is -2.54. The Morgan fingerprint density at radius 2 is 1.34 bits per heavy atom. The van der Waals surface area contributed by atoms with E-state index in [2.05, 4.69) is 62.5 Å². The van der Waals surface area contributed by atoms with E-state index in [1.165, 1.54) is 0 Å². The maximum Gasteiger partial charge on any atom is 0.407 e. The van der Waals surface area contributed by atoms with Crippen molar-refractivity contribution in [3.8, 4) is 22.6 Å². The molecule has 9 rings (SSSR count). The minimum atomic E-state index is -0.905. The molecule has 10 heteroatoms. The third-order valence-electron chi connectivity index (χ3n) is 11.9. The molecule has 0 spiro atoms. The molecule has 0 radical (unpaired) electrons. The molecule has 6 aromatic rings. The second-order valence-corrected chi connectivity index (χ2v) is 17.1. The van der Waals surface area contributed by atoms with Crippen molar-refractivity contribution in [3.05, 3.63) is 183 Å². The van der Waals surface area contributed by atoms with Gasteiger partial charge in [0.1, 0.15) is 12.6 Å². The molecule has 6 aromatic carbocycles. The van der Waals surface area contributed by atoms with E-state index in [1.807, 2.05) is 128 Å². The maximum absolute atomic E-state index is 15.5. The summed E-state index contributed by atoms with van der Waals surface area (Å²) in [7, 11) is 0. The Hall–Kier alpha value is -6.10. The lowest BCUT2D eigenvalue weighted by atomic mass is 9.96. The third-order valence-corrected chi connectivity index (χ3v) is 12.5. The molecule has 1 N–H and O–H groups in total. The summed E-state index contributed by atoms with van der Waals surface area (Å²) in [6, 6.07) is 47.2. The highest BCUT2D eigenvalue weighted by Crippen LogP contribution is 2.50. The number of benzene rings is 6. The summed E-state index contributed by atoms with van der Waals surface area (Å²) in [4.78, 5) is 33.7. The number of fused-ring (bicyclic) bond motifs is 5. The molecule has 3 atom stereocenters. The zero-order valence-corrected chi connectivity index (χ0v) is 35.8. The number of rotatable bonds is 14. The minimum absolute atomic E-state index is 0.115. The van der Waals surface area contributed by atoms with Crippen LogP contribution in [0.4, 0.5) is 10.5 Å². The Labute approximate surface area is 365 Å². The van der Waals surface area contributed by atoms with Crippen LogP contribution in [0.3, 0.4) is 0 Å². The monoisotopic (exact) mass is 877 g/mol. The van der Waals surface area contributed by atoms with Gasteiger partial charge >= 0.3 is 6.09 Å². The fraction of sp³-hybridized carbons (Fsp3) is 0.255. The number of hydrogen-bond acceptors (Lipinski definition) is 7. The Balaban J connectivity index is 1.06. The van der Waals surface area contributed by atoms with Gasteiger partial charge in [-0.2, -0.15) is 0 Å². The van der Waals surface area contributed by atoms with Crippen molar-refractivity contribution < 1.29 is 28.5 Å². The number of hydrogen-bond donors (Lipinski definition) is 1. The average Bonchev–Trinajstić information content (AvgIpc) is 3.96. The Kier molecular flexibility index (Phi) is 11.8. The van der Waals surface area contributed by atoms with Crippen LogP contribution in [0.5, 0.6) is 11.5 Å². The van der Waals surface area contributed by atoms with Gasteiger partial charge < -0.3 is 34.1 Å². The predicted octanol–water partition coefficient (Wildman–Crippen LogP) is 10.4. The summed E-state index contributed by atoms with van der Waals surface area (Å²) < 4.78 is 25.5. The van der Waals surface area contributed by atoms with Crippen LogP contribution in [-0.2, 0) is 34.0 Å². The van der Waals surface area contributed by atoms with E-state index in [0.29, 0.717) is 31.3 Å². The summed E-state index contributed by atoms with van der Waals surface area (Å²) in [6.45, 7) is 5.71. The van der Waals surface area contributed by atoms with E-state index >= 15 is 4.79 Å². The summed E-state index contributed by atoms with van der Waals surface area (Å²) in [5, 5.41) is 3.03. The van der Waals surface area contributed by atoms with E-state index in [1.54, 1.807) is 0 Å². The highest BCUT2D eigenvalue weighted by molar-refractivity contribution is 9.10. The van der Waals surface area contributed by atoms with Crippen LogP contribution >= 0.6 is 15.9 Å².